The van der Waals surface area contributed by atoms with E-state index >= 15 is 0 Å². The number of nitrogens with two attached hydrogens (primary N) is 1. The molecule has 0 radical (unpaired) electrons. The second-order valence-electron chi connectivity index (χ2n) is 4.34. The fourth-order valence-corrected chi connectivity index (χ4v) is 1.61. The Morgan fingerprint density at radius 3 is 2.68 bits per heavy atom. The summed E-state index contributed by atoms with van der Waals surface area (Å²) in [5.74, 6) is 6.24. The quantitative estimate of drug-likeness (QED) is 0.461. The first-order valence-electron chi connectivity index (χ1n) is 6.16. The molecular formula is C12H15N7O3. The molecule has 0 saturated heterocycles. The molecule has 2 aromatic rings. The number of nitrogens with zero attached hydrogens (tertiary/aromatic N) is 5. The first-order chi connectivity index (χ1) is 10.6. The van der Waals surface area contributed by atoms with E-state index < -0.39 is 6.09 Å². The maximum atomic E-state index is 11.6. The van der Waals surface area contributed by atoms with E-state index in [1.165, 1.54) is 12.0 Å². The van der Waals surface area contributed by atoms with Crippen LogP contribution in [0.2, 0.25) is 0 Å². The Balaban J connectivity index is 2.35. The van der Waals surface area contributed by atoms with Crippen LogP contribution < -0.4 is 15.3 Å². The number of hydrazone groups is 1. The molecule has 1 heterocycles. The Morgan fingerprint density at radius 1 is 1.36 bits per heavy atom. The van der Waals surface area contributed by atoms with Gasteiger partial charge in [0.05, 0.1) is 7.11 Å². The van der Waals surface area contributed by atoms with Crippen molar-refractivity contribution in [1.29, 1.82) is 0 Å². The molecule has 0 aliphatic heterocycles. The number of carbonyl (C=O) groups is 1. The SMILES string of the molecule is COc1cc(/C(=N\N)c2nn[nH]n2)ccc1OC(=O)N(C)C. The average Bonchev–Trinajstić information content (AvgIpc) is 3.03. The van der Waals surface area contributed by atoms with E-state index in [4.69, 9.17) is 15.3 Å². The number of tetrazole rings is 1. The summed E-state index contributed by atoms with van der Waals surface area (Å²) in [6.45, 7) is 0. The van der Waals surface area contributed by atoms with Crippen molar-refractivity contribution < 1.29 is 14.3 Å². The van der Waals surface area contributed by atoms with Gasteiger partial charge in [0, 0.05) is 19.7 Å². The molecule has 0 aliphatic carbocycles. The lowest BCUT2D eigenvalue weighted by atomic mass is 10.1. The van der Waals surface area contributed by atoms with Gasteiger partial charge in [0.1, 0.15) is 5.71 Å². The van der Waals surface area contributed by atoms with Crippen molar-refractivity contribution in [3.8, 4) is 11.5 Å². The molecule has 22 heavy (non-hydrogen) atoms. The van der Waals surface area contributed by atoms with Crippen LogP contribution in [0.3, 0.4) is 0 Å². The van der Waals surface area contributed by atoms with Gasteiger partial charge in [0.2, 0.25) is 5.82 Å². The lowest BCUT2D eigenvalue weighted by Crippen LogP contribution is -2.25. The molecule has 1 aromatic heterocycles. The van der Waals surface area contributed by atoms with Crippen molar-refractivity contribution in [1.82, 2.24) is 25.5 Å². The van der Waals surface area contributed by atoms with Crippen LogP contribution in [-0.4, -0.2) is 58.5 Å². The Kier molecular flexibility index (Phi) is 4.51. The predicted octanol–water partition coefficient (Wildman–Crippen LogP) is -0.0202. The van der Waals surface area contributed by atoms with Gasteiger partial charge in [-0.25, -0.2) is 4.79 Å². The minimum atomic E-state index is -0.517. The molecule has 10 heteroatoms. The fraction of sp³-hybridized carbons (Fsp3) is 0.250. The largest absolute Gasteiger partial charge is 0.493 e. The summed E-state index contributed by atoms with van der Waals surface area (Å²) < 4.78 is 10.4. The molecule has 1 amide bonds. The van der Waals surface area contributed by atoms with Gasteiger partial charge >= 0.3 is 6.09 Å². The normalized spacial score (nSPS) is 11.1. The van der Waals surface area contributed by atoms with Crippen LogP contribution in [0.4, 0.5) is 4.79 Å². The number of hydrogen-bond acceptors (Lipinski definition) is 8. The van der Waals surface area contributed by atoms with Crippen LogP contribution in [0.1, 0.15) is 11.4 Å². The number of methoxy groups -OCH3 is 1. The van der Waals surface area contributed by atoms with Gasteiger partial charge in [0.25, 0.3) is 0 Å². The standard InChI is InChI=1S/C12H15N7O3/c1-19(2)12(20)22-8-5-4-7(6-9(8)21-3)10(14-13)11-15-17-18-16-11/h4-6H,13H2,1-3H3,(H,15,16,17,18)/b14-10+. The van der Waals surface area contributed by atoms with Crippen LogP contribution in [0.15, 0.2) is 23.3 Å². The number of amides is 1. The van der Waals surface area contributed by atoms with Crippen LogP contribution in [-0.2, 0) is 0 Å². The van der Waals surface area contributed by atoms with Crippen LogP contribution in [0, 0.1) is 0 Å². The number of aromatic nitrogens is 4. The topological polar surface area (TPSA) is 132 Å². The van der Waals surface area contributed by atoms with E-state index in [2.05, 4.69) is 25.7 Å². The van der Waals surface area contributed by atoms with Crippen LogP contribution >= 0.6 is 0 Å². The number of aromatic amines is 1. The second kappa shape index (κ2) is 6.52. The van der Waals surface area contributed by atoms with Crippen molar-refractivity contribution >= 4 is 11.8 Å². The second-order valence-corrected chi connectivity index (χ2v) is 4.34. The summed E-state index contributed by atoms with van der Waals surface area (Å²) in [6.07, 6.45) is -0.517. The number of rotatable bonds is 4. The number of ether oxygens (including phenoxy) is 2. The molecule has 10 nitrogen and oxygen atoms in total. The molecule has 0 spiro atoms. The van der Waals surface area contributed by atoms with Gasteiger partial charge in [-0.2, -0.15) is 10.3 Å². The first-order valence-corrected chi connectivity index (χ1v) is 6.16. The highest BCUT2D eigenvalue weighted by molar-refractivity contribution is 6.10. The van der Waals surface area contributed by atoms with E-state index in [9.17, 15) is 4.79 Å². The number of carbonyl (C=O) groups excluding carboxylic acids is 1. The van der Waals surface area contributed by atoms with Gasteiger partial charge in [0.15, 0.2) is 11.5 Å². The summed E-state index contributed by atoms with van der Waals surface area (Å²) in [6, 6.07) is 4.84. The zero-order valence-electron chi connectivity index (χ0n) is 12.3. The molecule has 2 rings (SSSR count). The summed E-state index contributed by atoms with van der Waals surface area (Å²) in [5, 5.41) is 17.1. The Hall–Kier alpha value is -3.17. The first kappa shape index (κ1) is 15.2. The summed E-state index contributed by atoms with van der Waals surface area (Å²) in [7, 11) is 4.62. The van der Waals surface area contributed by atoms with Gasteiger partial charge in [-0.15, -0.1) is 10.2 Å². The lowest BCUT2D eigenvalue weighted by Gasteiger charge is -2.14. The van der Waals surface area contributed by atoms with Gasteiger partial charge in [-0.3, -0.25) is 0 Å². The number of hydrogen-bond donors (Lipinski definition) is 2. The van der Waals surface area contributed by atoms with Crippen molar-refractivity contribution in [2.24, 2.45) is 10.9 Å². The monoisotopic (exact) mass is 305 g/mol. The van der Waals surface area contributed by atoms with E-state index in [0.29, 0.717) is 17.0 Å². The minimum absolute atomic E-state index is 0.239. The molecule has 0 saturated carbocycles. The van der Waals surface area contributed by atoms with E-state index in [0.717, 1.165) is 0 Å². The smallest absolute Gasteiger partial charge is 0.414 e. The molecular weight excluding hydrogens is 290 g/mol. The third-order valence-corrected chi connectivity index (χ3v) is 2.69. The van der Waals surface area contributed by atoms with Gasteiger partial charge < -0.3 is 20.2 Å². The van der Waals surface area contributed by atoms with E-state index in [1.807, 2.05) is 0 Å². The number of nitrogens with one attached hydrogen (secondary N) is 1. The van der Waals surface area contributed by atoms with Gasteiger partial charge in [-0.05, 0) is 23.4 Å². The molecule has 0 bridgehead atoms. The number of H-pyrrole nitrogens is 1. The third kappa shape index (κ3) is 3.11. The Labute approximate surface area is 125 Å². The highest BCUT2D eigenvalue weighted by atomic mass is 16.6. The zero-order valence-corrected chi connectivity index (χ0v) is 12.3. The van der Waals surface area contributed by atoms with Crippen molar-refractivity contribution in [2.45, 2.75) is 0 Å². The molecule has 0 atom stereocenters. The maximum absolute atomic E-state index is 11.6. The fourth-order valence-electron chi connectivity index (χ4n) is 1.61. The summed E-state index contributed by atoms with van der Waals surface area (Å²) >= 11 is 0. The molecule has 116 valence electrons. The average molecular weight is 305 g/mol. The van der Waals surface area contributed by atoms with Crippen molar-refractivity contribution in [3.63, 3.8) is 0 Å². The molecule has 0 unspecified atom stereocenters. The van der Waals surface area contributed by atoms with Gasteiger partial charge in [-0.1, -0.05) is 0 Å². The Morgan fingerprint density at radius 2 is 2.14 bits per heavy atom. The highest BCUT2D eigenvalue weighted by Gasteiger charge is 2.17. The van der Waals surface area contributed by atoms with Crippen molar-refractivity contribution in [3.05, 3.63) is 29.6 Å². The van der Waals surface area contributed by atoms with Crippen molar-refractivity contribution in [2.75, 3.05) is 21.2 Å². The Bertz CT molecular complexity index is 682. The molecule has 0 aliphatic rings. The zero-order chi connectivity index (χ0) is 16.1. The summed E-state index contributed by atoms with van der Waals surface area (Å²) in [5.41, 5.74) is 0.905. The van der Waals surface area contributed by atoms with E-state index in [-0.39, 0.29) is 11.6 Å². The number of benzene rings is 1. The molecule has 3 N–H and O–H groups in total. The van der Waals surface area contributed by atoms with Crippen LogP contribution in [0.25, 0.3) is 0 Å². The molecule has 1 aromatic carbocycles. The highest BCUT2D eigenvalue weighted by Crippen LogP contribution is 2.29. The third-order valence-electron chi connectivity index (χ3n) is 2.69. The van der Waals surface area contributed by atoms with E-state index in [1.54, 1.807) is 32.3 Å². The van der Waals surface area contributed by atoms with Crippen LogP contribution in [0.5, 0.6) is 11.5 Å². The minimum Gasteiger partial charge on any atom is -0.493 e. The maximum Gasteiger partial charge on any atom is 0.414 e. The predicted molar refractivity (Wildman–Crippen MR) is 76.7 cm³/mol. The molecule has 0 fully saturated rings. The lowest BCUT2D eigenvalue weighted by molar-refractivity contribution is 0.170. The summed E-state index contributed by atoms with van der Waals surface area (Å²) in [4.78, 5) is 12.9.